The molecule has 0 aromatic heterocycles. The Balaban J connectivity index is 2.33. The molecular formula is C14H18O3. The number of carbonyl (C=O) groups is 1. The van der Waals surface area contributed by atoms with E-state index in [0.717, 1.165) is 11.3 Å². The predicted octanol–water partition coefficient (Wildman–Crippen LogP) is 2.91. The fourth-order valence-corrected chi connectivity index (χ4v) is 2.70. The van der Waals surface area contributed by atoms with Gasteiger partial charge in [-0.1, -0.05) is 32.0 Å². The summed E-state index contributed by atoms with van der Waals surface area (Å²) in [5, 5.41) is 9.20. The number of benzene rings is 1. The van der Waals surface area contributed by atoms with Crippen molar-refractivity contribution in [2.75, 3.05) is 6.61 Å². The molecule has 0 radical (unpaired) electrons. The Hall–Kier alpha value is -1.51. The molecule has 0 saturated heterocycles. The largest absolute Gasteiger partial charge is 0.494 e. The summed E-state index contributed by atoms with van der Waals surface area (Å²) in [5.74, 6) is -0.144. The van der Waals surface area contributed by atoms with Gasteiger partial charge in [-0.15, -0.1) is 0 Å². The van der Waals surface area contributed by atoms with Crippen molar-refractivity contribution in [2.45, 2.75) is 26.7 Å². The average Bonchev–Trinajstić information content (AvgIpc) is 2.83. The third kappa shape index (κ3) is 1.90. The summed E-state index contributed by atoms with van der Waals surface area (Å²) in [6.45, 7) is 6.53. The van der Waals surface area contributed by atoms with Crippen LogP contribution in [0.4, 0.5) is 0 Å². The third-order valence-electron chi connectivity index (χ3n) is 3.65. The fraction of sp³-hybridized carbons (Fsp3) is 0.500. The van der Waals surface area contributed by atoms with Crippen molar-refractivity contribution in [3.63, 3.8) is 0 Å². The number of rotatable bonds is 4. The zero-order chi connectivity index (χ0) is 12.6. The highest BCUT2D eigenvalue weighted by atomic mass is 16.5. The molecule has 0 spiro atoms. The number of aliphatic carboxylic acids is 1. The second-order valence-electron chi connectivity index (χ2n) is 5.09. The summed E-state index contributed by atoms with van der Waals surface area (Å²) in [6.07, 6.45) is 0. The van der Waals surface area contributed by atoms with Gasteiger partial charge in [0, 0.05) is 5.92 Å². The minimum atomic E-state index is -0.716. The molecule has 1 aromatic rings. The zero-order valence-corrected chi connectivity index (χ0v) is 10.4. The van der Waals surface area contributed by atoms with Crippen molar-refractivity contribution >= 4 is 5.97 Å². The first kappa shape index (κ1) is 12.0. The summed E-state index contributed by atoms with van der Waals surface area (Å²) >= 11 is 0. The molecule has 1 saturated carbocycles. The van der Waals surface area contributed by atoms with Gasteiger partial charge in [0.2, 0.25) is 0 Å². The van der Waals surface area contributed by atoms with Crippen molar-refractivity contribution in [1.29, 1.82) is 0 Å². The lowest BCUT2D eigenvalue weighted by molar-refractivity contribution is -0.139. The molecule has 3 heteroatoms. The highest BCUT2D eigenvalue weighted by Gasteiger charge is 2.63. The molecule has 1 aromatic carbocycles. The first-order valence-electron chi connectivity index (χ1n) is 5.94. The van der Waals surface area contributed by atoms with Gasteiger partial charge in [-0.25, -0.2) is 0 Å². The quantitative estimate of drug-likeness (QED) is 0.871. The Morgan fingerprint density at radius 2 is 2.06 bits per heavy atom. The van der Waals surface area contributed by atoms with Crippen LogP contribution in [0.15, 0.2) is 24.3 Å². The summed E-state index contributed by atoms with van der Waals surface area (Å²) in [7, 11) is 0. The lowest BCUT2D eigenvalue weighted by Gasteiger charge is -2.10. The van der Waals surface area contributed by atoms with Gasteiger partial charge in [-0.2, -0.15) is 0 Å². The summed E-state index contributed by atoms with van der Waals surface area (Å²) in [5.41, 5.74) is 0.839. The second kappa shape index (κ2) is 4.06. The van der Waals surface area contributed by atoms with Crippen LogP contribution in [0.2, 0.25) is 0 Å². The highest BCUT2D eigenvalue weighted by Crippen LogP contribution is 2.65. The van der Waals surface area contributed by atoms with Gasteiger partial charge in [-0.05, 0) is 24.0 Å². The molecule has 1 N–H and O–H groups in total. The number of hydrogen-bond donors (Lipinski definition) is 1. The van der Waals surface area contributed by atoms with Gasteiger partial charge in [-0.3, -0.25) is 4.79 Å². The molecule has 2 atom stereocenters. The van der Waals surface area contributed by atoms with E-state index in [1.165, 1.54) is 0 Å². The molecule has 1 aliphatic rings. The van der Waals surface area contributed by atoms with Crippen LogP contribution in [0.3, 0.4) is 0 Å². The van der Waals surface area contributed by atoms with Gasteiger partial charge >= 0.3 is 5.97 Å². The Bertz CT molecular complexity index is 437. The Labute approximate surface area is 101 Å². The van der Waals surface area contributed by atoms with E-state index < -0.39 is 5.97 Å². The van der Waals surface area contributed by atoms with Crippen LogP contribution in [0.5, 0.6) is 5.75 Å². The number of carboxylic acid groups (broad SMARTS) is 1. The van der Waals surface area contributed by atoms with E-state index in [0.29, 0.717) is 6.61 Å². The van der Waals surface area contributed by atoms with Crippen molar-refractivity contribution in [3.05, 3.63) is 29.8 Å². The molecule has 0 unspecified atom stereocenters. The molecule has 0 amide bonds. The minimum Gasteiger partial charge on any atom is -0.494 e. The fourth-order valence-electron chi connectivity index (χ4n) is 2.70. The van der Waals surface area contributed by atoms with Crippen molar-refractivity contribution in [2.24, 2.45) is 11.3 Å². The van der Waals surface area contributed by atoms with E-state index in [1.54, 1.807) is 0 Å². The number of ether oxygens (including phenoxy) is 1. The van der Waals surface area contributed by atoms with Crippen LogP contribution < -0.4 is 4.74 Å². The maximum Gasteiger partial charge on any atom is 0.307 e. The molecule has 92 valence electrons. The summed E-state index contributed by atoms with van der Waals surface area (Å²) in [4.78, 5) is 11.2. The van der Waals surface area contributed by atoms with E-state index in [-0.39, 0.29) is 17.3 Å². The summed E-state index contributed by atoms with van der Waals surface area (Å²) < 4.78 is 5.57. The smallest absolute Gasteiger partial charge is 0.307 e. The normalized spacial score (nSPS) is 25.4. The molecular weight excluding hydrogens is 216 g/mol. The van der Waals surface area contributed by atoms with Crippen molar-refractivity contribution in [1.82, 2.24) is 0 Å². The van der Waals surface area contributed by atoms with Crippen LogP contribution in [0.1, 0.15) is 32.3 Å². The maximum absolute atomic E-state index is 11.2. The lowest BCUT2D eigenvalue weighted by atomic mass is 10.0. The van der Waals surface area contributed by atoms with E-state index >= 15 is 0 Å². The minimum absolute atomic E-state index is 0.0581. The predicted molar refractivity (Wildman–Crippen MR) is 65.3 cm³/mol. The van der Waals surface area contributed by atoms with Gasteiger partial charge in [0.1, 0.15) is 5.75 Å². The SMILES string of the molecule is CCOc1ccccc1[C@@H]1[C@@H](C(=O)O)C1(C)C. The number of hydrogen-bond acceptors (Lipinski definition) is 2. The van der Waals surface area contributed by atoms with E-state index in [2.05, 4.69) is 0 Å². The van der Waals surface area contributed by atoms with Crippen LogP contribution in [-0.4, -0.2) is 17.7 Å². The Morgan fingerprint density at radius 3 is 2.59 bits per heavy atom. The average molecular weight is 234 g/mol. The lowest BCUT2D eigenvalue weighted by Crippen LogP contribution is -2.03. The molecule has 0 bridgehead atoms. The van der Waals surface area contributed by atoms with E-state index in [1.807, 2.05) is 45.0 Å². The maximum atomic E-state index is 11.2. The van der Waals surface area contributed by atoms with Gasteiger partial charge in [0.15, 0.2) is 0 Å². The van der Waals surface area contributed by atoms with E-state index in [4.69, 9.17) is 4.74 Å². The van der Waals surface area contributed by atoms with Gasteiger partial charge in [0.05, 0.1) is 12.5 Å². The van der Waals surface area contributed by atoms with Crippen LogP contribution in [-0.2, 0) is 4.79 Å². The van der Waals surface area contributed by atoms with E-state index in [9.17, 15) is 9.90 Å². The standard InChI is InChI=1S/C14H18O3/c1-4-17-10-8-6-5-7-9(10)11-12(13(15)16)14(11,2)3/h5-8,11-12H,4H2,1-3H3,(H,15,16)/t11-,12+/m1/s1. The third-order valence-corrected chi connectivity index (χ3v) is 3.65. The van der Waals surface area contributed by atoms with Crippen molar-refractivity contribution in [3.8, 4) is 5.75 Å². The van der Waals surface area contributed by atoms with Crippen LogP contribution in [0, 0.1) is 11.3 Å². The Morgan fingerprint density at radius 1 is 1.41 bits per heavy atom. The zero-order valence-electron chi connectivity index (χ0n) is 10.4. The first-order chi connectivity index (χ1) is 8.00. The highest BCUT2D eigenvalue weighted by molar-refractivity contribution is 5.78. The first-order valence-corrected chi connectivity index (χ1v) is 5.94. The van der Waals surface area contributed by atoms with Gasteiger partial charge < -0.3 is 9.84 Å². The Kier molecular flexibility index (Phi) is 2.86. The van der Waals surface area contributed by atoms with Crippen LogP contribution >= 0.6 is 0 Å². The molecule has 0 heterocycles. The second-order valence-corrected chi connectivity index (χ2v) is 5.09. The monoisotopic (exact) mass is 234 g/mol. The molecule has 1 fully saturated rings. The van der Waals surface area contributed by atoms with Gasteiger partial charge in [0.25, 0.3) is 0 Å². The number of carboxylic acids is 1. The molecule has 0 aliphatic heterocycles. The molecule has 1 aliphatic carbocycles. The summed E-state index contributed by atoms with van der Waals surface area (Å²) in [6, 6.07) is 7.73. The number of para-hydroxylation sites is 1. The molecule has 2 rings (SSSR count). The topological polar surface area (TPSA) is 46.5 Å². The van der Waals surface area contributed by atoms with Crippen LogP contribution in [0.25, 0.3) is 0 Å². The molecule has 3 nitrogen and oxygen atoms in total. The molecule has 17 heavy (non-hydrogen) atoms. The van der Waals surface area contributed by atoms with Crippen molar-refractivity contribution < 1.29 is 14.6 Å².